The summed E-state index contributed by atoms with van der Waals surface area (Å²) in [6.45, 7) is 3.36. The van der Waals surface area contributed by atoms with E-state index in [4.69, 9.17) is 10.5 Å². The SMILES string of the molecule is COC(=O)C(Nc1cc(C)cc(F)c1)c1c(C)cc(N)cc1F. The molecule has 0 fully saturated rings. The molecule has 122 valence electrons. The smallest absolute Gasteiger partial charge is 0.333 e. The first-order chi connectivity index (χ1) is 10.8. The van der Waals surface area contributed by atoms with E-state index in [1.54, 1.807) is 26.0 Å². The highest BCUT2D eigenvalue weighted by Gasteiger charge is 2.27. The number of aryl methyl sites for hydroxylation is 2. The van der Waals surface area contributed by atoms with Gasteiger partial charge in [0, 0.05) is 16.9 Å². The van der Waals surface area contributed by atoms with E-state index in [1.165, 1.54) is 19.2 Å². The number of hydrogen-bond acceptors (Lipinski definition) is 4. The molecule has 0 aliphatic heterocycles. The van der Waals surface area contributed by atoms with Crippen LogP contribution in [0.5, 0.6) is 0 Å². The van der Waals surface area contributed by atoms with Crippen LogP contribution in [0.1, 0.15) is 22.7 Å². The van der Waals surface area contributed by atoms with Gasteiger partial charge in [-0.05, 0) is 55.3 Å². The highest BCUT2D eigenvalue weighted by molar-refractivity contribution is 5.82. The third kappa shape index (κ3) is 3.77. The Hall–Kier alpha value is -2.63. The molecule has 3 N–H and O–H groups in total. The summed E-state index contributed by atoms with van der Waals surface area (Å²) in [4.78, 5) is 12.1. The second kappa shape index (κ2) is 6.64. The summed E-state index contributed by atoms with van der Waals surface area (Å²) < 4.78 is 32.6. The Morgan fingerprint density at radius 2 is 1.87 bits per heavy atom. The number of nitrogens with two attached hydrogens (primary N) is 1. The van der Waals surface area contributed by atoms with Crippen LogP contribution in [0.2, 0.25) is 0 Å². The van der Waals surface area contributed by atoms with Crippen LogP contribution in [0.4, 0.5) is 20.2 Å². The first-order valence-corrected chi connectivity index (χ1v) is 6.99. The standard InChI is InChI=1S/C17H18F2N2O2/c1-9-4-11(18)7-13(5-9)21-16(17(22)23-3)15-10(2)6-12(20)8-14(15)19/h4-8,16,21H,20H2,1-3H3. The first kappa shape index (κ1) is 16.7. The van der Waals surface area contributed by atoms with Crippen LogP contribution < -0.4 is 11.1 Å². The normalized spacial score (nSPS) is 11.9. The number of methoxy groups -OCH3 is 1. The Bertz CT molecular complexity index is 704. The number of carbonyl (C=O) groups is 1. The second-order valence-electron chi connectivity index (χ2n) is 5.35. The number of ether oxygens (including phenoxy) is 1. The number of anilines is 2. The van der Waals surface area contributed by atoms with Crippen LogP contribution >= 0.6 is 0 Å². The highest BCUT2D eigenvalue weighted by atomic mass is 19.1. The van der Waals surface area contributed by atoms with Crippen LogP contribution in [-0.2, 0) is 9.53 Å². The van der Waals surface area contributed by atoms with E-state index >= 15 is 0 Å². The number of esters is 1. The van der Waals surface area contributed by atoms with Gasteiger partial charge in [0.25, 0.3) is 0 Å². The van der Waals surface area contributed by atoms with Crippen molar-refractivity contribution in [3.8, 4) is 0 Å². The maximum atomic E-state index is 14.3. The quantitative estimate of drug-likeness (QED) is 0.668. The molecule has 0 saturated heterocycles. The van der Waals surface area contributed by atoms with E-state index in [9.17, 15) is 13.6 Å². The molecule has 4 nitrogen and oxygen atoms in total. The van der Waals surface area contributed by atoms with Gasteiger partial charge in [0.05, 0.1) is 7.11 Å². The second-order valence-corrected chi connectivity index (χ2v) is 5.35. The molecule has 2 rings (SSSR count). The summed E-state index contributed by atoms with van der Waals surface area (Å²) in [6, 6.07) is 5.83. The Morgan fingerprint density at radius 3 is 2.43 bits per heavy atom. The Labute approximate surface area is 133 Å². The minimum atomic E-state index is -1.11. The minimum absolute atomic E-state index is 0.118. The van der Waals surface area contributed by atoms with Crippen LogP contribution in [0.15, 0.2) is 30.3 Å². The fourth-order valence-electron chi connectivity index (χ4n) is 2.50. The lowest BCUT2D eigenvalue weighted by atomic mass is 9.99. The molecule has 0 saturated carbocycles. The predicted molar refractivity (Wildman–Crippen MR) is 85.1 cm³/mol. The Morgan fingerprint density at radius 1 is 1.17 bits per heavy atom. The van der Waals surface area contributed by atoms with Crippen molar-refractivity contribution in [1.29, 1.82) is 0 Å². The van der Waals surface area contributed by atoms with Crippen molar-refractivity contribution < 1.29 is 18.3 Å². The number of carbonyl (C=O) groups excluding carboxylic acids is 1. The Kier molecular flexibility index (Phi) is 4.83. The van der Waals surface area contributed by atoms with Gasteiger partial charge in [0.1, 0.15) is 11.6 Å². The molecule has 0 aromatic heterocycles. The highest BCUT2D eigenvalue weighted by Crippen LogP contribution is 2.28. The average molecular weight is 320 g/mol. The average Bonchev–Trinajstić information content (AvgIpc) is 2.43. The van der Waals surface area contributed by atoms with E-state index < -0.39 is 23.6 Å². The lowest BCUT2D eigenvalue weighted by molar-refractivity contribution is -0.141. The van der Waals surface area contributed by atoms with E-state index in [-0.39, 0.29) is 11.3 Å². The molecule has 0 heterocycles. The Balaban J connectivity index is 2.48. The lowest BCUT2D eigenvalue weighted by Gasteiger charge is -2.21. The zero-order valence-electron chi connectivity index (χ0n) is 13.1. The van der Waals surface area contributed by atoms with Crippen molar-refractivity contribution in [2.45, 2.75) is 19.9 Å². The maximum Gasteiger partial charge on any atom is 0.333 e. The van der Waals surface area contributed by atoms with E-state index in [0.717, 1.165) is 6.07 Å². The monoisotopic (exact) mass is 320 g/mol. The summed E-state index contributed by atoms with van der Waals surface area (Å²) in [6.07, 6.45) is 0. The van der Waals surface area contributed by atoms with Gasteiger partial charge in [0.2, 0.25) is 0 Å². The lowest BCUT2D eigenvalue weighted by Crippen LogP contribution is -2.24. The predicted octanol–water partition coefficient (Wildman–Crippen LogP) is 3.49. The molecule has 1 atom stereocenters. The molecule has 1 unspecified atom stereocenters. The molecule has 2 aromatic rings. The van der Waals surface area contributed by atoms with Gasteiger partial charge >= 0.3 is 5.97 Å². The minimum Gasteiger partial charge on any atom is -0.467 e. The first-order valence-electron chi connectivity index (χ1n) is 6.99. The third-order valence-corrected chi connectivity index (χ3v) is 3.44. The van der Waals surface area contributed by atoms with Gasteiger partial charge in [0.15, 0.2) is 6.04 Å². The van der Waals surface area contributed by atoms with Crippen LogP contribution in [0.25, 0.3) is 0 Å². The van der Waals surface area contributed by atoms with Gasteiger partial charge in [-0.15, -0.1) is 0 Å². The molecule has 0 aliphatic carbocycles. The number of halogens is 2. The van der Waals surface area contributed by atoms with Gasteiger partial charge in [-0.25, -0.2) is 13.6 Å². The molecule has 0 aliphatic rings. The van der Waals surface area contributed by atoms with E-state index in [1.807, 2.05) is 0 Å². The molecular weight excluding hydrogens is 302 g/mol. The topological polar surface area (TPSA) is 64.3 Å². The van der Waals surface area contributed by atoms with E-state index in [0.29, 0.717) is 16.8 Å². The largest absolute Gasteiger partial charge is 0.467 e. The molecular formula is C17H18F2N2O2. The van der Waals surface area contributed by atoms with Crippen molar-refractivity contribution in [1.82, 2.24) is 0 Å². The number of nitrogens with one attached hydrogen (secondary N) is 1. The summed E-state index contributed by atoms with van der Waals surface area (Å²) in [5, 5.41) is 2.83. The van der Waals surface area contributed by atoms with Crippen molar-refractivity contribution in [2.24, 2.45) is 0 Å². The van der Waals surface area contributed by atoms with Gasteiger partial charge < -0.3 is 15.8 Å². The van der Waals surface area contributed by atoms with Crippen molar-refractivity contribution in [3.05, 3.63) is 58.7 Å². The summed E-state index contributed by atoms with van der Waals surface area (Å²) >= 11 is 0. The molecule has 0 amide bonds. The van der Waals surface area contributed by atoms with Crippen molar-refractivity contribution in [2.75, 3.05) is 18.2 Å². The fraction of sp³-hybridized carbons (Fsp3) is 0.235. The molecule has 0 bridgehead atoms. The zero-order chi connectivity index (χ0) is 17.1. The third-order valence-electron chi connectivity index (χ3n) is 3.44. The molecule has 0 radical (unpaired) electrons. The van der Waals surface area contributed by atoms with Crippen LogP contribution in [-0.4, -0.2) is 13.1 Å². The van der Waals surface area contributed by atoms with Crippen LogP contribution in [0, 0.1) is 25.5 Å². The molecule has 0 spiro atoms. The number of nitrogen functional groups attached to an aromatic ring is 1. The molecule has 2 aromatic carbocycles. The van der Waals surface area contributed by atoms with E-state index in [2.05, 4.69) is 5.32 Å². The summed E-state index contributed by atoms with van der Waals surface area (Å²) in [5.74, 6) is -1.76. The zero-order valence-corrected chi connectivity index (χ0v) is 13.1. The van der Waals surface area contributed by atoms with Crippen LogP contribution in [0.3, 0.4) is 0 Å². The van der Waals surface area contributed by atoms with Crippen molar-refractivity contribution in [3.63, 3.8) is 0 Å². The number of hydrogen-bond donors (Lipinski definition) is 2. The fourth-order valence-corrected chi connectivity index (χ4v) is 2.50. The molecule has 23 heavy (non-hydrogen) atoms. The van der Waals surface area contributed by atoms with Crippen molar-refractivity contribution >= 4 is 17.3 Å². The summed E-state index contributed by atoms with van der Waals surface area (Å²) in [5.41, 5.74) is 7.51. The molecule has 6 heteroatoms. The maximum absolute atomic E-state index is 14.3. The summed E-state index contributed by atoms with van der Waals surface area (Å²) in [7, 11) is 1.21. The number of benzene rings is 2. The number of rotatable bonds is 4. The van der Waals surface area contributed by atoms with Gasteiger partial charge in [-0.3, -0.25) is 0 Å². The van der Waals surface area contributed by atoms with Gasteiger partial charge in [-0.2, -0.15) is 0 Å². The van der Waals surface area contributed by atoms with Gasteiger partial charge in [-0.1, -0.05) is 0 Å².